The van der Waals surface area contributed by atoms with Crippen molar-refractivity contribution in [2.75, 3.05) is 19.7 Å². The van der Waals surface area contributed by atoms with E-state index in [1.54, 1.807) is 11.8 Å². The van der Waals surface area contributed by atoms with Crippen molar-refractivity contribution in [3.05, 3.63) is 0 Å². The van der Waals surface area contributed by atoms with Crippen LogP contribution < -0.4 is 5.32 Å². The normalized spacial score (nSPS) is 22.7. The third-order valence-electron chi connectivity index (χ3n) is 3.49. The quantitative estimate of drug-likeness (QED) is 0.794. The SMILES string of the molecule is CCCC(C)(NC(=O)N1CCOC(CC)C1)C(=O)O. The summed E-state index contributed by atoms with van der Waals surface area (Å²) >= 11 is 0. The Morgan fingerprint density at radius 3 is 2.68 bits per heavy atom. The summed E-state index contributed by atoms with van der Waals surface area (Å²) in [5.41, 5.74) is -1.20. The van der Waals surface area contributed by atoms with Gasteiger partial charge in [0.1, 0.15) is 5.54 Å². The molecule has 0 aliphatic carbocycles. The van der Waals surface area contributed by atoms with Crippen molar-refractivity contribution in [3.8, 4) is 0 Å². The Bertz CT molecular complexity index is 335. The second-order valence-corrected chi connectivity index (χ2v) is 5.16. The van der Waals surface area contributed by atoms with E-state index < -0.39 is 11.5 Å². The van der Waals surface area contributed by atoms with Crippen molar-refractivity contribution in [2.45, 2.75) is 51.7 Å². The smallest absolute Gasteiger partial charge is 0.329 e. The Kier molecular flexibility index (Phi) is 5.60. The number of rotatable bonds is 5. The number of carbonyl (C=O) groups is 2. The summed E-state index contributed by atoms with van der Waals surface area (Å²) in [6.07, 6.45) is 2.00. The summed E-state index contributed by atoms with van der Waals surface area (Å²) in [4.78, 5) is 25.1. The Labute approximate surface area is 114 Å². The fraction of sp³-hybridized carbons (Fsp3) is 0.846. The Balaban J connectivity index is 2.64. The first-order chi connectivity index (χ1) is 8.92. The van der Waals surface area contributed by atoms with Crippen LogP contribution in [0, 0.1) is 0 Å². The second kappa shape index (κ2) is 6.75. The molecule has 1 rings (SSSR count). The van der Waals surface area contributed by atoms with E-state index in [2.05, 4.69) is 5.32 Å². The predicted molar refractivity (Wildman–Crippen MR) is 71.1 cm³/mol. The minimum atomic E-state index is -1.20. The number of nitrogens with zero attached hydrogens (tertiary/aromatic N) is 1. The third kappa shape index (κ3) is 4.09. The van der Waals surface area contributed by atoms with Gasteiger partial charge in [-0.3, -0.25) is 0 Å². The van der Waals surface area contributed by atoms with Gasteiger partial charge < -0.3 is 20.1 Å². The van der Waals surface area contributed by atoms with Crippen molar-refractivity contribution < 1.29 is 19.4 Å². The van der Waals surface area contributed by atoms with E-state index in [4.69, 9.17) is 4.74 Å². The van der Waals surface area contributed by atoms with E-state index in [0.717, 1.165) is 6.42 Å². The molecule has 2 N–H and O–H groups in total. The van der Waals surface area contributed by atoms with Crippen molar-refractivity contribution in [1.82, 2.24) is 10.2 Å². The number of amides is 2. The molecule has 2 amide bonds. The lowest BCUT2D eigenvalue weighted by Gasteiger charge is -2.35. The van der Waals surface area contributed by atoms with Gasteiger partial charge in [-0.2, -0.15) is 0 Å². The summed E-state index contributed by atoms with van der Waals surface area (Å²) in [5, 5.41) is 11.9. The zero-order valence-electron chi connectivity index (χ0n) is 11.9. The summed E-state index contributed by atoms with van der Waals surface area (Å²) in [7, 11) is 0. The van der Waals surface area contributed by atoms with Gasteiger partial charge in [-0.25, -0.2) is 9.59 Å². The van der Waals surface area contributed by atoms with Crippen molar-refractivity contribution in [3.63, 3.8) is 0 Å². The molecule has 1 heterocycles. The maximum absolute atomic E-state index is 12.2. The molecular formula is C13H24N2O4. The third-order valence-corrected chi connectivity index (χ3v) is 3.49. The summed E-state index contributed by atoms with van der Waals surface area (Å²) < 4.78 is 5.49. The van der Waals surface area contributed by atoms with Crippen LogP contribution in [0.2, 0.25) is 0 Å². The highest BCUT2D eigenvalue weighted by atomic mass is 16.5. The standard InChI is InChI=1S/C13H24N2O4/c1-4-6-13(3,11(16)17)14-12(18)15-7-8-19-10(5-2)9-15/h10H,4-9H2,1-3H3,(H,14,18)(H,16,17). The molecule has 0 radical (unpaired) electrons. The molecule has 0 aromatic rings. The first-order valence-electron chi connectivity index (χ1n) is 6.85. The summed E-state index contributed by atoms with van der Waals surface area (Å²) in [5.74, 6) is -0.997. The number of ether oxygens (including phenoxy) is 1. The molecule has 110 valence electrons. The topological polar surface area (TPSA) is 78.9 Å². The predicted octanol–water partition coefficient (Wildman–Crippen LogP) is 1.45. The fourth-order valence-electron chi connectivity index (χ4n) is 2.19. The molecule has 1 aliphatic rings. The minimum Gasteiger partial charge on any atom is -0.480 e. The number of carboxylic acids is 1. The van der Waals surface area contributed by atoms with Gasteiger partial charge >= 0.3 is 12.0 Å². The van der Waals surface area contributed by atoms with Gasteiger partial charge in [-0.05, 0) is 19.8 Å². The van der Waals surface area contributed by atoms with Crippen LogP contribution in [0.1, 0.15) is 40.0 Å². The highest BCUT2D eigenvalue weighted by molar-refractivity contribution is 5.85. The zero-order chi connectivity index (χ0) is 14.5. The van der Waals surface area contributed by atoms with E-state index in [0.29, 0.717) is 32.5 Å². The minimum absolute atomic E-state index is 0.0433. The number of nitrogens with one attached hydrogen (secondary N) is 1. The molecule has 0 saturated carbocycles. The van der Waals surface area contributed by atoms with E-state index in [1.807, 2.05) is 13.8 Å². The maximum Gasteiger partial charge on any atom is 0.329 e. The molecule has 2 unspecified atom stereocenters. The van der Waals surface area contributed by atoms with Crippen molar-refractivity contribution >= 4 is 12.0 Å². The highest BCUT2D eigenvalue weighted by Gasteiger charge is 2.36. The Hall–Kier alpha value is -1.30. The number of aliphatic carboxylic acids is 1. The average Bonchev–Trinajstić information content (AvgIpc) is 2.38. The molecule has 0 bridgehead atoms. The van der Waals surface area contributed by atoms with Crippen LogP contribution in [-0.2, 0) is 9.53 Å². The van der Waals surface area contributed by atoms with Gasteiger partial charge in [0.15, 0.2) is 0 Å². The molecular weight excluding hydrogens is 248 g/mol. The lowest BCUT2D eigenvalue weighted by Crippen LogP contribution is -2.58. The summed E-state index contributed by atoms with van der Waals surface area (Å²) in [6, 6.07) is -0.319. The van der Waals surface area contributed by atoms with E-state index >= 15 is 0 Å². The molecule has 0 aromatic heterocycles. The first-order valence-corrected chi connectivity index (χ1v) is 6.85. The lowest BCUT2D eigenvalue weighted by atomic mass is 9.96. The van der Waals surface area contributed by atoms with E-state index in [9.17, 15) is 14.7 Å². The Morgan fingerprint density at radius 2 is 2.16 bits per heavy atom. The molecule has 1 aliphatic heterocycles. The zero-order valence-corrected chi connectivity index (χ0v) is 11.9. The van der Waals surface area contributed by atoms with Crippen molar-refractivity contribution in [1.29, 1.82) is 0 Å². The number of hydrogen-bond donors (Lipinski definition) is 2. The molecule has 19 heavy (non-hydrogen) atoms. The van der Waals surface area contributed by atoms with Crippen LogP contribution in [0.15, 0.2) is 0 Å². The number of carbonyl (C=O) groups excluding carboxylic acids is 1. The van der Waals surface area contributed by atoms with Gasteiger partial charge in [0.05, 0.1) is 12.7 Å². The maximum atomic E-state index is 12.2. The molecule has 6 nitrogen and oxygen atoms in total. The van der Waals surface area contributed by atoms with Crippen molar-refractivity contribution in [2.24, 2.45) is 0 Å². The van der Waals surface area contributed by atoms with Crippen LogP contribution in [0.5, 0.6) is 0 Å². The van der Waals surface area contributed by atoms with Gasteiger partial charge in [0.2, 0.25) is 0 Å². The van der Waals surface area contributed by atoms with Crippen LogP contribution in [0.3, 0.4) is 0 Å². The van der Waals surface area contributed by atoms with Crippen LogP contribution in [0.4, 0.5) is 4.79 Å². The van der Waals surface area contributed by atoms with Crippen LogP contribution in [0.25, 0.3) is 0 Å². The average molecular weight is 272 g/mol. The number of urea groups is 1. The molecule has 6 heteroatoms. The first kappa shape index (κ1) is 15.8. The largest absolute Gasteiger partial charge is 0.480 e. The molecule has 2 atom stereocenters. The summed E-state index contributed by atoms with van der Waals surface area (Å²) in [6.45, 7) is 6.98. The molecule has 0 aromatic carbocycles. The molecule has 1 fully saturated rings. The fourth-order valence-corrected chi connectivity index (χ4v) is 2.19. The highest BCUT2D eigenvalue weighted by Crippen LogP contribution is 2.15. The van der Waals surface area contributed by atoms with Gasteiger partial charge in [0, 0.05) is 13.1 Å². The van der Waals surface area contributed by atoms with E-state index in [-0.39, 0.29) is 12.1 Å². The number of hydrogen-bond acceptors (Lipinski definition) is 3. The van der Waals surface area contributed by atoms with Gasteiger partial charge in [0.25, 0.3) is 0 Å². The molecule has 1 saturated heterocycles. The van der Waals surface area contributed by atoms with Crippen LogP contribution in [-0.4, -0.2) is 53.3 Å². The lowest BCUT2D eigenvalue weighted by molar-refractivity contribution is -0.144. The van der Waals surface area contributed by atoms with Gasteiger partial charge in [-0.15, -0.1) is 0 Å². The Morgan fingerprint density at radius 1 is 1.47 bits per heavy atom. The molecule has 0 spiro atoms. The number of morpholine rings is 1. The van der Waals surface area contributed by atoms with Gasteiger partial charge in [-0.1, -0.05) is 20.3 Å². The second-order valence-electron chi connectivity index (χ2n) is 5.16. The monoisotopic (exact) mass is 272 g/mol. The number of carboxylic acid groups (broad SMARTS) is 1. The van der Waals surface area contributed by atoms with Crippen LogP contribution >= 0.6 is 0 Å². The van der Waals surface area contributed by atoms with E-state index in [1.165, 1.54) is 0 Å².